The quantitative estimate of drug-likeness (QED) is 0.597. The highest BCUT2D eigenvalue weighted by molar-refractivity contribution is 7.89. The van der Waals surface area contributed by atoms with Gasteiger partial charge in [0.25, 0.3) is 0 Å². The molecule has 154 valence electrons. The Hall–Kier alpha value is -3.01. The molecule has 0 atom stereocenters. The van der Waals surface area contributed by atoms with Gasteiger partial charge in [-0.25, -0.2) is 23.0 Å². The summed E-state index contributed by atoms with van der Waals surface area (Å²) in [6, 6.07) is 14.5. The maximum absolute atomic E-state index is 11.5. The smallest absolute Gasteiger partial charge is 0.354 e. The molecule has 0 aliphatic heterocycles. The van der Waals surface area contributed by atoms with E-state index in [9.17, 15) is 18.3 Å². The molecule has 0 unspecified atom stereocenters. The van der Waals surface area contributed by atoms with Crippen molar-refractivity contribution in [3.63, 3.8) is 0 Å². The van der Waals surface area contributed by atoms with E-state index in [0.29, 0.717) is 11.4 Å². The number of carboxylic acids is 1. The van der Waals surface area contributed by atoms with Crippen LogP contribution in [-0.2, 0) is 10.0 Å². The number of aromatic carboxylic acids is 1. The number of aromatic nitrogens is 2. The topological polar surface area (TPSA) is 136 Å². The van der Waals surface area contributed by atoms with Crippen LogP contribution >= 0.6 is 0 Å². The molecule has 3 aromatic rings. The van der Waals surface area contributed by atoms with Crippen LogP contribution in [0.25, 0.3) is 16.9 Å². The van der Waals surface area contributed by atoms with E-state index in [1.165, 1.54) is 35.0 Å². The average molecular weight is 417 g/mol. The van der Waals surface area contributed by atoms with Gasteiger partial charge in [0.1, 0.15) is 0 Å². The molecule has 8 nitrogen and oxygen atoms in total. The summed E-state index contributed by atoms with van der Waals surface area (Å²) in [5.41, 5.74) is 2.77. The highest BCUT2D eigenvalue weighted by Crippen LogP contribution is 2.23. The van der Waals surface area contributed by atoms with Gasteiger partial charge in [-0.3, -0.25) is 0 Å². The maximum atomic E-state index is 11.5. The molecule has 29 heavy (non-hydrogen) atoms. The van der Waals surface area contributed by atoms with Crippen molar-refractivity contribution in [2.24, 2.45) is 5.14 Å². The Morgan fingerprint density at radius 1 is 1.07 bits per heavy atom. The number of aryl methyl sites for hydroxylation is 1. The minimum Gasteiger partial charge on any atom is -0.477 e. The number of benzene rings is 2. The summed E-state index contributed by atoms with van der Waals surface area (Å²) in [5.74, 6) is -1.14. The number of sulfonamides is 1. The Kier molecular flexibility index (Phi) is 6.91. The van der Waals surface area contributed by atoms with Crippen LogP contribution in [0.1, 0.15) is 29.9 Å². The van der Waals surface area contributed by atoms with E-state index in [1.54, 1.807) is 13.8 Å². The Morgan fingerprint density at radius 3 is 2.03 bits per heavy atom. The second-order valence-electron chi connectivity index (χ2n) is 6.63. The summed E-state index contributed by atoms with van der Waals surface area (Å²) >= 11 is 0. The Bertz CT molecular complexity index is 1080. The van der Waals surface area contributed by atoms with E-state index in [4.69, 9.17) is 10.2 Å². The van der Waals surface area contributed by atoms with Crippen molar-refractivity contribution in [3.8, 4) is 16.9 Å². The number of carbonyl (C=O) groups is 1. The molecule has 0 spiro atoms. The molecule has 3 rings (SSSR count). The molecule has 4 N–H and O–H groups in total. The third kappa shape index (κ3) is 5.98. The number of aliphatic hydroxyl groups is 1. The van der Waals surface area contributed by atoms with Gasteiger partial charge in [-0.15, -0.1) is 0 Å². The van der Waals surface area contributed by atoms with E-state index < -0.39 is 16.0 Å². The first-order valence-electron chi connectivity index (χ1n) is 8.70. The van der Waals surface area contributed by atoms with E-state index in [-0.39, 0.29) is 16.7 Å². The van der Waals surface area contributed by atoms with Crippen LogP contribution < -0.4 is 5.14 Å². The first-order chi connectivity index (χ1) is 13.5. The summed E-state index contributed by atoms with van der Waals surface area (Å²) in [4.78, 5) is 11.5. The molecule has 0 saturated carbocycles. The van der Waals surface area contributed by atoms with Gasteiger partial charge in [-0.1, -0.05) is 29.8 Å². The van der Waals surface area contributed by atoms with E-state index in [0.717, 1.165) is 11.1 Å². The first-order valence-corrected chi connectivity index (χ1v) is 10.3. The monoisotopic (exact) mass is 417 g/mol. The van der Waals surface area contributed by atoms with Crippen molar-refractivity contribution >= 4 is 16.0 Å². The van der Waals surface area contributed by atoms with Crippen molar-refractivity contribution in [1.82, 2.24) is 9.78 Å². The minimum absolute atomic E-state index is 0.0288. The predicted molar refractivity (Wildman–Crippen MR) is 109 cm³/mol. The number of rotatable bonds is 4. The van der Waals surface area contributed by atoms with E-state index in [1.807, 2.05) is 31.2 Å². The number of primary sulfonamides is 1. The summed E-state index contributed by atoms with van der Waals surface area (Å²) in [6.45, 7) is 5.40. The zero-order chi connectivity index (χ0) is 21.8. The van der Waals surface area contributed by atoms with Gasteiger partial charge in [0.2, 0.25) is 10.0 Å². The molecular formula is C20H23N3O5S. The van der Waals surface area contributed by atoms with Gasteiger partial charge in [-0.2, -0.15) is 5.10 Å². The lowest BCUT2D eigenvalue weighted by atomic mass is 10.1. The van der Waals surface area contributed by atoms with Crippen LogP contribution in [-0.4, -0.2) is 40.5 Å². The maximum Gasteiger partial charge on any atom is 0.354 e. The average Bonchev–Trinajstić information content (AvgIpc) is 3.07. The lowest BCUT2D eigenvalue weighted by Crippen LogP contribution is -2.12. The van der Waals surface area contributed by atoms with Gasteiger partial charge in [0.05, 0.1) is 16.3 Å². The predicted octanol–water partition coefficient (Wildman–Crippen LogP) is 2.58. The second-order valence-corrected chi connectivity index (χ2v) is 8.19. The first kappa shape index (κ1) is 22.3. The largest absolute Gasteiger partial charge is 0.477 e. The van der Waals surface area contributed by atoms with E-state index >= 15 is 0 Å². The molecule has 2 aromatic carbocycles. The Balaban J connectivity index is 0.000000687. The summed E-state index contributed by atoms with van der Waals surface area (Å²) < 4.78 is 23.9. The van der Waals surface area contributed by atoms with E-state index in [2.05, 4.69) is 5.10 Å². The molecule has 0 saturated heterocycles. The number of aliphatic hydroxyl groups excluding tert-OH is 1. The van der Waals surface area contributed by atoms with Crippen LogP contribution in [0.5, 0.6) is 0 Å². The Labute approximate surface area is 169 Å². The van der Waals surface area contributed by atoms with Gasteiger partial charge in [0, 0.05) is 11.7 Å². The molecule has 9 heteroatoms. The second kappa shape index (κ2) is 8.99. The third-order valence-electron chi connectivity index (χ3n) is 3.69. The van der Waals surface area contributed by atoms with Crippen LogP contribution in [0.15, 0.2) is 59.5 Å². The lowest BCUT2D eigenvalue weighted by molar-refractivity contribution is 0.0687. The van der Waals surface area contributed by atoms with Crippen molar-refractivity contribution < 1.29 is 23.4 Å². The number of hydrogen-bond acceptors (Lipinski definition) is 5. The zero-order valence-corrected chi connectivity index (χ0v) is 17.1. The fourth-order valence-electron chi connectivity index (χ4n) is 2.37. The molecule has 1 heterocycles. The normalized spacial score (nSPS) is 11.1. The van der Waals surface area contributed by atoms with Gasteiger partial charge < -0.3 is 10.2 Å². The van der Waals surface area contributed by atoms with Crippen molar-refractivity contribution in [1.29, 1.82) is 0 Å². The standard InChI is InChI=1S/C17H15N3O4S.C3H8O/c1-11-2-4-12(5-3-11)15-10-16(17(21)22)20(19-15)13-6-8-14(9-7-13)25(18,23)24;1-3(2)4/h2-10H,1H3,(H,21,22)(H2,18,23,24);3-4H,1-2H3. The number of carboxylic acid groups (broad SMARTS) is 1. The third-order valence-corrected chi connectivity index (χ3v) is 4.61. The minimum atomic E-state index is -3.82. The van der Waals surface area contributed by atoms with Gasteiger partial charge in [-0.05, 0) is 51.1 Å². The SMILES string of the molecule is CC(C)O.Cc1ccc(-c2cc(C(=O)O)n(-c3ccc(S(N)(=O)=O)cc3)n2)cc1. The molecule has 0 bridgehead atoms. The summed E-state index contributed by atoms with van der Waals surface area (Å²) in [7, 11) is -3.82. The van der Waals surface area contributed by atoms with Crippen molar-refractivity contribution in [2.45, 2.75) is 31.8 Å². The highest BCUT2D eigenvalue weighted by atomic mass is 32.2. The van der Waals surface area contributed by atoms with Crippen LogP contribution in [0.3, 0.4) is 0 Å². The molecule has 0 amide bonds. The van der Waals surface area contributed by atoms with Crippen molar-refractivity contribution in [2.75, 3.05) is 0 Å². The molecule has 0 aliphatic rings. The summed E-state index contributed by atoms with van der Waals surface area (Å²) in [5, 5.41) is 26.9. The molecule has 0 radical (unpaired) electrons. The number of nitrogens with zero attached hydrogens (tertiary/aromatic N) is 2. The van der Waals surface area contributed by atoms with Crippen LogP contribution in [0, 0.1) is 6.92 Å². The Morgan fingerprint density at radius 2 is 1.59 bits per heavy atom. The highest BCUT2D eigenvalue weighted by Gasteiger charge is 2.17. The van der Waals surface area contributed by atoms with Crippen molar-refractivity contribution in [3.05, 3.63) is 65.9 Å². The zero-order valence-electron chi connectivity index (χ0n) is 16.3. The lowest BCUT2D eigenvalue weighted by Gasteiger charge is -2.05. The molecule has 0 aliphatic carbocycles. The molecule has 1 aromatic heterocycles. The van der Waals surface area contributed by atoms with Crippen LogP contribution in [0.4, 0.5) is 0 Å². The molecular weight excluding hydrogens is 394 g/mol. The van der Waals surface area contributed by atoms with Gasteiger partial charge >= 0.3 is 5.97 Å². The summed E-state index contributed by atoms with van der Waals surface area (Å²) in [6.07, 6.45) is -0.167. The van der Waals surface area contributed by atoms with Gasteiger partial charge in [0.15, 0.2) is 5.69 Å². The number of hydrogen-bond donors (Lipinski definition) is 3. The molecule has 0 fully saturated rings. The fourth-order valence-corrected chi connectivity index (χ4v) is 2.89. The number of nitrogens with two attached hydrogens (primary N) is 1. The fraction of sp³-hybridized carbons (Fsp3) is 0.200. The van der Waals surface area contributed by atoms with Crippen LogP contribution in [0.2, 0.25) is 0 Å².